The molecule has 7 nitrogen and oxygen atoms in total. The number of aromatic nitrogens is 1. The first-order chi connectivity index (χ1) is 15.5. The Labute approximate surface area is 189 Å². The lowest BCUT2D eigenvalue weighted by Gasteiger charge is -2.23. The molecule has 0 fully saturated rings. The number of nitrogens with zero attached hydrogens (tertiary/aromatic N) is 3. The maximum absolute atomic E-state index is 13.8. The minimum Gasteiger partial charge on any atom is -0.496 e. The maximum Gasteiger partial charge on any atom is 0.263 e. The van der Waals surface area contributed by atoms with Gasteiger partial charge in [-0.05, 0) is 37.0 Å². The average molecular weight is 450 g/mol. The summed E-state index contributed by atoms with van der Waals surface area (Å²) < 4.78 is 17.5. The Morgan fingerprint density at radius 1 is 1.06 bits per heavy atom. The van der Waals surface area contributed by atoms with Crippen LogP contribution >= 0.6 is 11.3 Å². The minimum absolute atomic E-state index is 0.145. The zero-order chi connectivity index (χ0) is 22.2. The van der Waals surface area contributed by atoms with Crippen LogP contribution in [0.4, 0.5) is 5.13 Å². The Morgan fingerprint density at radius 3 is 2.50 bits per heavy atom. The van der Waals surface area contributed by atoms with Gasteiger partial charge >= 0.3 is 0 Å². The second kappa shape index (κ2) is 8.29. The van der Waals surface area contributed by atoms with Gasteiger partial charge in [0.2, 0.25) is 6.79 Å². The third-order valence-corrected chi connectivity index (χ3v) is 6.46. The molecule has 5 rings (SSSR count). The van der Waals surface area contributed by atoms with Crippen LogP contribution in [0.2, 0.25) is 0 Å². The van der Waals surface area contributed by atoms with Gasteiger partial charge in [0.25, 0.3) is 5.91 Å². The third kappa shape index (κ3) is 3.72. The lowest BCUT2D eigenvalue weighted by atomic mass is 10.0. The van der Waals surface area contributed by atoms with E-state index in [4.69, 9.17) is 19.2 Å². The number of fused-ring (bicyclic) bond motifs is 3. The van der Waals surface area contributed by atoms with E-state index in [-0.39, 0.29) is 12.7 Å². The normalized spacial score (nSPS) is 12.6. The van der Waals surface area contributed by atoms with E-state index in [2.05, 4.69) is 0 Å². The molecule has 0 radical (unpaired) electrons. The molecule has 1 amide bonds. The molecule has 164 valence electrons. The van der Waals surface area contributed by atoms with E-state index in [1.807, 2.05) is 67.5 Å². The summed E-state index contributed by atoms with van der Waals surface area (Å²) in [6, 6.07) is 15.5. The second-order valence-corrected chi connectivity index (χ2v) is 8.84. The van der Waals surface area contributed by atoms with E-state index in [9.17, 15) is 4.79 Å². The van der Waals surface area contributed by atoms with Gasteiger partial charge in [0.15, 0.2) is 16.6 Å². The van der Waals surface area contributed by atoms with Crippen molar-refractivity contribution in [2.45, 2.75) is 0 Å². The monoisotopic (exact) mass is 449 g/mol. The number of likely N-dealkylation sites (N-methyl/N-ethyl adjacent to an activating group) is 1. The van der Waals surface area contributed by atoms with Gasteiger partial charge in [0, 0.05) is 25.2 Å². The molecule has 0 unspecified atom stereocenters. The van der Waals surface area contributed by atoms with Gasteiger partial charge in [-0.1, -0.05) is 35.6 Å². The van der Waals surface area contributed by atoms with Crippen molar-refractivity contribution in [1.82, 2.24) is 9.88 Å². The number of methoxy groups -OCH3 is 1. The molecule has 0 aliphatic carbocycles. The van der Waals surface area contributed by atoms with Crippen LogP contribution in [0.3, 0.4) is 0 Å². The lowest BCUT2D eigenvalue weighted by Crippen LogP contribution is -2.37. The Morgan fingerprint density at radius 2 is 1.78 bits per heavy atom. The first kappa shape index (κ1) is 20.5. The molecule has 1 aliphatic heterocycles. The summed E-state index contributed by atoms with van der Waals surface area (Å²) in [5.41, 5.74) is 1.29. The van der Waals surface area contributed by atoms with Gasteiger partial charge in [-0.15, -0.1) is 0 Å². The Hall–Kier alpha value is -3.36. The molecule has 0 bridgehead atoms. The first-order valence-electron chi connectivity index (χ1n) is 10.3. The molecule has 2 heterocycles. The number of thiazole rings is 1. The molecule has 0 spiro atoms. The number of anilines is 1. The average Bonchev–Trinajstić information content (AvgIpc) is 3.42. The van der Waals surface area contributed by atoms with Gasteiger partial charge in [0.1, 0.15) is 5.75 Å². The number of ether oxygens (including phenoxy) is 3. The molecule has 0 saturated carbocycles. The van der Waals surface area contributed by atoms with Crippen LogP contribution < -0.4 is 19.1 Å². The summed E-state index contributed by atoms with van der Waals surface area (Å²) in [6.07, 6.45) is 0. The van der Waals surface area contributed by atoms with Crippen LogP contribution in [0, 0.1) is 0 Å². The quantitative estimate of drug-likeness (QED) is 0.435. The number of hydrogen-bond acceptors (Lipinski definition) is 7. The van der Waals surface area contributed by atoms with Gasteiger partial charge in [-0.25, -0.2) is 4.98 Å². The molecule has 1 aromatic heterocycles. The lowest BCUT2D eigenvalue weighted by molar-refractivity contribution is 0.0982. The zero-order valence-corrected chi connectivity index (χ0v) is 18.9. The fraction of sp³-hybridized carbons (Fsp3) is 0.250. The van der Waals surface area contributed by atoms with Crippen LogP contribution in [0.1, 0.15) is 10.4 Å². The maximum atomic E-state index is 13.8. The van der Waals surface area contributed by atoms with E-state index in [0.29, 0.717) is 41.0 Å². The largest absolute Gasteiger partial charge is 0.496 e. The van der Waals surface area contributed by atoms with E-state index >= 15 is 0 Å². The molecule has 0 atom stereocenters. The van der Waals surface area contributed by atoms with Crippen LogP contribution in [-0.4, -0.2) is 56.9 Å². The van der Waals surface area contributed by atoms with Crippen molar-refractivity contribution < 1.29 is 19.0 Å². The molecule has 0 saturated heterocycles. The minimum atomic E-state index is -0.145. The number of carbonyl (C=O) groups excluding carboxylic acids is 1. The van der Waals surface area contributed by atoms with Gasteiger partial charge in [0.05, 0.1) is 22.9 Å². The number of rotatable bonds is 6. The fourth-order valence-electron chi connectivity index (χ4n) is 3.71. The highest BCUT2D eigenvalue weighted by Crippen LogP contribution is 2.40. The van der Waals surface area contributed by atoms with Gasteiger partial charge in [-0.3, -0.25) is 9.69 Å². The molecular formula is C24H23N3O4S. The number of amides is 1. The summed E-state index contributed by atoms with van der Waals surface area (Å²) in [7, 11) is 5.55. The Kier molecular flexibility index (Phi) is 5.32. The number of benzene rings is 3. The summed E-state index contributed by atoms with van der Waals surface area (Å²) >= 11 is 1.46. The van der Waals surface area contributed by atoms with E-state index in [1.165, 1.54) is 11.3 Å². The predicted molar refractivity (Wildman–Crippen MR) is 126 cm³/mol. The molecule has 3 aromatic carbocycles. The summed E-state index contributed by atoms with van der Waals surface area (Å²) in [4.78, 5) is 22.3. The van der Waals surface area contributed by atoms with Crippen LogP contribution in [0.25, 0.3) is 21.0 Å². The Bertz CT molecular complexity index is 1280. The van der Waals surface area contributed by atoms with E-state index < -0.39 is 0 Å². The molecule has 0 N–H and O–H groups in total. The number of hydrogen-bond donors (Lipinski definition) is 0. The van der Waals surface area contributed by atoms with E-state index in [1.54, 1.807) is 12.0 Å². The van der Waals surface area contributed by atoms with Crippen LogP contribution in [0.5, 0.6) is 17.2 Å². The van der Waals surface area contributed by atoms with Crippen molar-refractivity contribution in [3.05, 3.63) is 54.1 Å². The SMILES string of the molecule is COc1cc2ccccc2cc1C(=O)N(CCN(C)C)c1nc2cc3c(cc2s1)OCO3. The molecule has 1 aliphatic rings. The third-order valence-electron chi connectivity index (χ3n) is 5.42. The van der Waals surface area contributed by atoms with Crippen LogP contribution in [0.15, 0.2) is 48.5 Å². The van der Waals surface area contributed by atoms with Gasteiger partial charge in [-0.2, -0.15) is 0 Å². The molecular weight excluding hydrogens is 426 g/mol. The second-order valence-electron chi connectivity index (χ2n) is 7.83. The van der Waals surface area contributed by atoms with Crippen molar-refractivity contribution in [2.24, 2.45) is 0 Å². The summed E-state index contributed by atoms with van der Waals surface area (Å²) in [5, 5.41) is 2.64. The summed E-state index contributed by atoms with van der Waals surface area (Å²) in [6.45, 7) is 1.41. The summed E-state index contributed by atoms with van der Waals surface area (Å²) in [5.74, 6) is 1.78. The van der Waals surface area contributed by atoms with Crippen molar-refractivity contribution >= 4 is 43.4 Å². The van der Waals surface area contributed by atoms with Gasteiger partial charge < -0.3 is 19.1 Å². The van der Waals surface area contributed by atoms with Crippen molar-refractivity contribution in [3.8, 4) is 17.2 Å². The molecule has 8 heteroatoms. The topological polar surface area (TPSA) is 64.1 Å². The highest BCUT2D eigenvalue weighted by molar-refractivity contribution is 7.22. The zero-order valence-electron chi connectivity index (χ0n) is 18.1. The standard InChI is InChI=1S/C24H23N3O4S/c1-26(2)8-9-27(24-25-18-12-20-21(31-14-30-20)13-22(18)32-24)23(28)17-10-15-6-4-5-7-16(15)11-19(17)29-3/h4-7,10-13H,8-9,14H2,1-3H3. The van der Waals surface area contributed by atoms with Crippen molar-refractivity contribution in [3.63, 3.8) is 0 Å². The van der Waals surface area contributed by atoms with Crippen molar-refractivity contribution in [1.29, 1.82) is 0 Å². The molecule has 32 heavy (non-hydrogen) atoms. The first-order valence-corrected chi connectivity index (χ1v) is 11.1. The Balaban J connectivity index is 1.58. The molecule has 4 aromatic rings. The smallest absolute Gasteiger partial charge is 0.263 e. The van der Waals surface area contributed by atoms with Crippen LogP contribution in [-0.2, 0) is 0 Å². The predicted octanol–water partition coefficient (Wildman–Crippen LogP) is 4.40. The number of carbonyl (C=O) groups is 1. The van der Waals surface area contributed by atoms with Crippen molar-refractivity contribution in [2.75, 3.05) is 46.0 Å². The van der Waals surface area contributed by atoms with E-state index in [0.717, 1.165) is 21.0 Å². The fourth-order valence-corrected chi connectivity index (χ4v) is 4.71. The highest BCUT2D eigenvalue weighted by atomic mass is 32.1. The highest BCUT2D eigenvalue weighted by Gasteiger charge is 2.26.